The SMILES string of the molecule is COC(=O)c1cc(/C=C\CN2CCOCC2)ccc1OCc1ccc(F)cc1. The van der Waals surface area contributed by atoms with Gasteiger partial charge in [0.25, 0.3) is 0 Å². The van der Waals surface area contributed by atoms with Crippen LogP contribution >= 0.6 is 0 Å². The van der Waals surface area contributed by atoms with Gasteiger partial charge in [0.1, 0.15) is 23.7 Å². The summed E-state index contributed by atoms with van der Waals surface area (Å²) in [7, 11) is 1.34. The largest absolute Gasteiger partial charge is 0.488 e. The van der Waals surface area contributed by atoms with Crippen LogP contribution in [-0.4, -0.2) is 50.8 Å². The molecule has 0 unspecified atom stereocenters. The van der Waals surface area contributed by atoms with E-state index in [1.165, 1.54) is 19.2 Å². The third kappa shape index (κ3) is 5.65. The first-order chi connectivity index (χ1) is 13.7. The lowest BCUT2D eigenvalue weighted by molar-refractivity contribution is 0.0435. The molecule has 1 aliphatic rings. The Balaban J connectivity index is 1.68. The maximum absolute atomic E-state index is 13.0. The van der Waals surface area contributed by atoms with Crippen molar-refractivity contribution < 1.29 is 23.4 Å². The lowest BCUT2D eigenvalue weighted by atomic mass is 10.1. The van der Waals surface area contributed by atoms with E-state index in [1.807, 2.05) is 12.1 Å². The van der Waals surface area contributed by atoms with Gasteiger partial charge in [-0.1, -0.05) is 30.4 Å². The summed E-state index contributed by atoms with van der Waals surface area (Å²) < 4.78 is 29.0. The Kier molecular flexibility index (Phi) is 7.17. The Morgan fingerprint density at radius 1 is 1.18 bits per heavy atom. The summed E-state index contributed by atoms with van der Waals surface area (Å²) in [5.41, 5.74) is 2.06. The first kappa shape index (κ1) is 20.0. The number of morpholine rings is 1. The van der Waals surface area contributed by atoms with Crippen molar-refractivity contribution in [2.45, 2.75) is 6.61 Å². The molecule has 1 saturated heterocycles. The quantitative estimate of drug-likeness (QED) is 0.683. The highest BCUT2D eigenvalue weighted by molar-refractivity contribution is 5.93. The number of hydrogen-bond donors (Lipinski definition) is 0. The molecule has 1 fully saturated rings. The average Bonchev–Trinajstić information content (AvgIpc) is 2.74. The van der Waals surface area contributed by atoms with Gasteiger partial charge in [-0.25, -0.2) is 9.18 Å². The van der Waals surface area contributed by atoms with Crippen LogP contribution in [0.3, 0.4) is 0 Å². The third-order valence-corrected chi connectivity index (χ3v) is 4.49. The Morgan fingerprint density at radius 3 is 2.64 bits per heavy atom. The van der Waals surface area contributed by atoms with Crippen LogP contribution in [0.5, 0.6) is 5.75 Å². The van der Waals surface area contributed by atoms with Gasteiger partial charge in [-0.15, -0.1) is 0 Å². The predicted octanol–water partition coefficient (Wildman–Crippen LogP) is 3.54. The lowest BCUT2D eigenvalue weighted by Crippen LogP contribution is -2.36. The molecule has 0 bridgehead atoms. The van der Waals surface area contributed by atoms with Gasteiger partial charge in [0, 0.05) is 19.6 Å². The molecule has 5 nitrogen and oxygen atoms in total. The van der Waals surface area contributed by atoms with Gasteiger partial charge in [0.2, 0.25) is 0 Å². The molecule has 3 rings (SSSR count). The molecule has 0 aromatic heterocycles. The number of benzene rings is 2. The molecular formula is C22H24FNO4. The molecule has 0 amide bonds. The fourth-order valence-electron chi connectivity index (χ4n) is 2.91. The Labute approximate surface area is 164 Å². The number of esters is 1. The molecule has 1 aliphatic heterocycles. The summed E-state index contributed by atoms with van der Waals surface area (Å²) in [4.78, 5) is 14.5. The Bertz CT molecular complexity index is 814. The topological polar surface area (TPSA) is 48.0 Å². The van der Waals surface area contributed by atoms with Crippen LogP contribution in [0.15, 0.2) is 48.5 Å². The van der Waals surface area contributed by atoms with Crippen molar-refractivity contribution in [2.75, 3.05) is 40.0 Å². The van der Waals surface area contributed by atoms with E-state index < -0.39 is 5.97 Å². The first-order valence-electron chi connectivity index (χ1n) is 9.22. The van der Waals surface area contributed by atoms with Crippen LogP contribution in [0.1, 0.15) is 21.5 Å². The number of halogens is 1. The second kappa shape index (κ2) is 10.0. The summed E-state index contributed by atoms with van der Waals surface area (Å²) >= 11 is 0. The summed E-state index contributed by atoms with van der Waals surface area (Å²) in [5.74, 6) is -0.328. The molecule has 28 heavy (non-hydrogen) atoms. The van der Waals surface area contributed by atoms with Crippen molar-refractivity contribution in [1.29, 1.82) is 0 Å². The zero-order valence-electron chi connectivity index (χ0n) is 15.9. The standard InChI is InChI=1S/C22H24FNO4/c1-26-22(25)20-15-17(3-2-10-24-11-13-27-14-12-24)6-9-21(20)28-16-18-4-7-19(23)8-5-18/h2-9,15H,10-14,16H2,1H3/b3-2-. The minimum absolute atomic E-state index is 0.233. The predicted molar refractivity (Wildman–Crippen MR) is 105 cm³/mol. The zero-order chi connectivity index (χ0) is 19.8. The van der Waals surface area contributed by atoms with Crippen molar-refractivity contribution >= 4 is 12.0 Å². The monoisotopic (exact) mass is 385 g/mol. The van der Waals surface area contributed by atoms with Crippen LogP contribution in [0.2, 0.25) is 0 Å². The minimum Gasteiger partial charge on any atom is -0.488 e. The molecule has 0 saturated carbocycles. The molecule has 0 spiro atoms. The average molecular weight is 385 g/mol. The van der Waals surface area contributed by atoms with E-state index in [2.05, 4.69) is 11.0 Å². The number of rotatable bonds is 7. The summed E-state index contributed by atoms with van der Waals surface area (Å²) in [6.45, 7) is 4.44. The van der Waals surface area contributed by atoms with Gasteiger partial charge in [-0.05, 0) is 35.4 Å². The molecule has 1 heterocycles. The number of nitrogens with zero attached hydrogens (tertiary/aromatic N) is 1. The highest BCUT2D eigenvalue weighted by Gasteiger charge is 2.14. The molecule has 0 atom stereocenters. The molecule has 148 valence electrons. The van der Waals surface area contributed by atoms with E-state index in [9.17, 15) is 9.18 Å². The maximum atomic E-state index is 13.0. The number of methoxy groups -OCH3 is 1. The van der Waals surface area contributed by atoms with Crippen LogP contribution in [0.25, 0.3) is 6.08 Å². The molecule has 0 aliphatic carbocycles. The highest BCUT2D eigenvalue weighted by Crippen LogP contribution is 2.23. The Hall–Kier alpha value is -2.70. The van der Waals surface area contributed by atoms with Crippen molar-refractivity contribution in [3.05, 3.63) is 71.0 Å². The van der Waals surface area contributed by atoms with Crippen LogP contribution in [0.4, 0.5) is 4.39 Å². The number of hydrogen-bond acceptors (Lipinski definition) is 5. The summed E-state index contributed by atoms with van der Waals surface area (Å²) in [6, 6.07) is 11.4. The van der Waals surface area contributed by atoms with Crippen LogP contribution in [-0.2, 0) is 16.1 Å². The van der Waals surface area contributed by atoms with E-state index in [1.54, 1.807) is 24.3 Å². The second-order valence-corrected chi connectivity index (χ2v) is 6.48. The highest BCUT2D eigenvalue weighted by atomic mass is 19.1. The molecule has 6 heteroatoms. The number of carbonyl (C=O) groups is 1. The van der Waals surface area contributed by atoms with E-state index >= 15 is 0 Å². The number of ether oxygens (including phenoxy) is 3. The van der Waals surface area contributed by atoms with Gasteiger partial charge in [-0.2, -0.15) is 0 Å². The normalized spacial score (nSPS) is 14.9. The molecule has 0 radical (unpaired) electrons. The fourth-order valence-corrected chi connectivity index (χ4v) is 2.91. The second-order valence-electron chi connectivity index (χ2n) is 6.48. The van der Waals surface area contributed by atoms with Gasteiger partial charge >= 0.3 is 5.97 Å². The van der Waals surface area contributed by atoms with Crippen molar-refractivity contribution in [3.8, 4) is 5.75 Å². The Morgan fingerprint density at radius 2 is 1.93 bits per heavy atom. The van der Waals surface area contributed by atoms with Crippen molar-refractivity contribution in [3.63, 3.8) is 0 Å². The van der Waals surface area contributed by atoms with E-state index in [0.717, 1.165) is 44.0 Å². The van der Waals surface area contributed by atoms with Gasteiger partial charge in [0.05, 0.1) is 20.3 Å². The minimum atomic E-state index is -0.461. The summed E-state index contributed by atoms with van der Waals surface area (Å²) in [6.07, 6.45) is 4.05. The van der Waals surface area contributed by atoms with E-state index in [-0.39, 0.29) is 12.4 Å². The first-order valence-corrected chi connectivity index (χ1v) is 9.22. The fraction of sp³-hybridized carbons (Fsp3) is 0.318. The van der Waals surface area contributed by atoms with Gasteiger partial charge < -0.3 is 14.2 Å². The van der Waals surface area contributed by atoms with Crippen LogP contribution in [0, 0.1) is 5.82 Å². The van der Waals surface area contributed by atoms with E-state index in [4.69, 9.17) is 14.2 Å². The summed E-state index contributed by atoms with van der Waals surface area (Å²) in [5, 5.41) is 0. The van der Waals surface area contributed by atoms with Crippen molar-refractivity contribution in [1.82, 2.24) is 4.90 Å². The molecule has 0 N–H and O–H groups in total. The smallest absolute Gasteiger partial charge is 0.341 e. The van der Waals surface area contributed by atoms with E-state index in [0.29, 0.717) is 11.3 Å². The number of carbonyl (C=O) groups excluding carboxylic acids is 1. The zero-order valence-corrected chi connectivity index (χ0v) is 15.9. The lowest BCUT2D eigenvalue weighted by Gasteiger charge is -2.25. The molecule has 2 aromatic rings. The maximum Gasteiger partial charge on any atom is 0.341 e. The van der Waals surface area contributed by atoms with Crippen molar-refractivity contribution in [2.24, 2.45) is 0 Å². The van der Waals surface area contributed by atoms with Gasteiger partial charge in [0.15, 0.2) is 0 Å². The van der Waals surface area contributed by atoms with Gasteiger partial charge in [-0.3, -0.25) is 4.90 Å². The molecule has 2 aromatic carbocycles. The molecular weight excluding hydrogens is 361 g/mol. The van der Waals surface area contributed by atoms with Crippen LogP contribution < -0.4 is 4.74 Å². The third-order valence-electron chi connectivity index (χ3n) is 4.49.